The molecule has 0 saturated carbocycles. The van der Waals surface area contributed by atoms with Crippen molar-refractivity contribution in [2.45, 2.75) is 77.4 Å². The van der Waals surface area contributed by atoms with Crippen molar-refractivity contribution in [3.63, 3.8) is 0 Å². The molecule has 4 rings (SSSR count). The lowest BCUT2D eigenvalue weighted by Crippen LogP contribution is -2.49. The van der Waals surface area contributed by atoms with Gasteiger partial charge in [-0.15, -0.1) is 0 Å². The number of methoxy groups -OCH3 is 1. The molecule has 2 aromatic rings. The molecule has 1 aromatic heterocycles. The van der Waals surface area contributed by atoms with Crippen molar-refractivity contribution in [3.8, 4) is 0 Å². The molecule has 3 heterocycles. The number of carbonyl (C=O) groups is 1. The molecule has 184 valence electrons. The van der Waals surface area contributed by atoms with E-state index in [2.05, 4.69) is 53.0 Å². The standard InChI is InChI=1S/C28H40N4O2/c1-20(2)23-8-5-22(6-9-23)7-10-26-21(3)27(30-19-29-26)28(33)32-15-11-24(12-16-32)31-17-13-25(34-4)14-18-31/h5-6,8-9,19-20,24-25H,7,10-18H2,1-4H3. The van der Waals surface area contributed by atoms with Crippen LogP contribution in [0.2, 0.25) is 0 Å². The minimum atomic E-state index is 0.0546. The van der Waals surface area contributed by atoms with Gasteiger partial charge in [0.2, 0.25) is 0 Å². The normalized spacial score (nSPS) is 18.6. The van der Waals surface area contributed by atoms with Crippen LogP contribution in [0.3, 0.4) is 0 Å². The van der Waals surface area contributed by atoms with Crippen LogP contribution in [-0.4, -0.2) is 71.1 Å². The Kier molecular flexibility index (Phi) is 8.32. The molecular formula is C28H40N4O2. The average Bonchev–Trinajstić information content (AvgIpc) is 2.88. The third-order valence-electron chi connectivity index (χ3n) is 7.77. The predicted octanol–water partition coefficient (Wildman–Crippen LogP) is 4.41. The van der Waals surface area contributed by atoms with Crippen molar-refractivity contribution in [1.29, 1.82) is 0 Å². The van der Waals surface area contributed by atoms with E-state index in [-0.39, 0.29) is 5.91 Å². The third kappa shape index (κ3) is 5.84. The Morgan fingerprint density at radius 1 is 1.00 bits per heavy atom. The summed E-state index contributed by atoms with van der Waals surface area (Å²) in [6, 6.07) is 9.42. The Morgan fingerprint density at radius 3 is 2.29 bits per heavy atom. The van der Waals surface area contributed by atoms with E-state index < -0.39 is 0 Å². The summed E-state index contributed by atoms with van der Waals surface area (Å²) < 4.78 is 5.51. The average molecular weight is 465 g/mol. The Bertz CT molecular complexity index is 943. The highest BCUT2D eigenvalue weighted by Crippen LogP contribution is 2.24. The fourth-order valence-electron chi connectivity index (χ4n) is 5.35. The maximum Gasteiger partial charge on any atom is 0.272 e. The molecule has 0 unspecified atom stereocenters. The zero-order valence-electron chi connectivity index (χ0n) is 21.3. The number of hydrogen-bond acceptors (Lipinski definition) is 5. The van der Waals surface area contributed by atoms with Crippen molar-refractivity contribution in [2.24, 2.45) is 0 Å². The van der Waals surface area contributed by atoms with Crippen LogP contribution in [0, 0.1) is 6.92 Å². The largest absolute Gasteiger partial charge is 0.381 e. The maximum atomic E-state index is 13.3. The Morgan fingerprint density at radius 2 is 1.68 bits per heavy atom. The summed E-state index contributed by atoms with van der Waals surface area (Å²) in [5.74, 6) is 0.596. The van der Waals surface area contributed by atoms with Gasteiger partial charge in [0.1, 0.15) is 12.0 Å². The molecule has 0 bridgehead atoms. The van der Waals surface area contributed by atoms with Gasteiger partial charge in [0.25, 0.3) is 5.91 Å². The first kappa shape index (κ1) is 24.8. The summed E-state index contributed by atoms with van der Waals surface area (Å²) in [4.78, 5) is 26.8. The summed E-state index contributed by atoms with van der Waals surface area (Å²) in [6.45, 7) is 10.2. The third-order valence-corrected chi connectivity index (χ3v) is 7.77. The van der Waals surface area contributed by atoms with Gasteiger partial charge in [-0.3, -0.25) is 4.79 Å². The van der Waals surface area contributed by atoms with Crippen LogP contribution in [0.5, 0.6) is 0 Å². The van der Waals surface area contributed by atoms with E-state index in [1.807, 2.05) is 18.9 Å². The minimum absolute atomic E-state index is 0.0546. The Balaban J connectivity index is 1.33. The fraction of sp³-hybridized carbons (Fsp3) is 0.607. The van der Waals surface area contributed by atoms with Crippen LogP contribution in [0.1, 0.15) is 78.3 Å². The van der Waals surface area contributed by atoms with Crippen LogP contribution in [0.4, 0.5) is 0 Å². The van der Waals surface area contributed by atoms with E-state index in [4.69, 9.17) is 4.74 Å². The second kappa shape index (κ2) is 11.4. The van der Waals surface area contributed by atoms with E-state index in [9.17, 15) is 4.79 Å². The molecule has 0 spiro atoms. The SMILES string of the molecule is COC1CCN(C2CCN(C(=O)c3ncnc(CCc4ccc(C(C)C)cc4)c3C)CC2)CC1. The molecule has 0 N–H and O–H groups in total. The molecule has 0 radical (unpaired) electrons. The highest BCUT2D eigenvalue weighted by atomic mass is 16.5. The molecule has 1 amide bonds. The molecule has 6 heteroatoms. The maximum absolute atomic E-state index is 13.3. The van der Waals surface area contributed by atoms with Crippen LogP contribution in [0.15, 0.2) is 30.6 Å². The molecule has 2 saturated heterocycles. The number of nitrogens with zero attached hydrogens (tertiary/aromatic N) is 4. The van der Waals surface area contributed by atoms with Gasteiger partial charge in [0.05, 0.1) is 6.10 Å². The van der Waals surface area contributed by atoms with Gasteiger partial charge < -0.3 is 14.5 Å². The minimum Gasteiger partial charge on any atom is -0.381 e. The number of aromatic nitrogens is 2. The van der Waals surface area contributed by atoms with Crippen LogP contribution in [0.25, 0.3) is 0 Å². The number of rotatable bonds is 7. The van der Waals surface area contributed by atoms with Gasteiger partial charge in [-0.25, -0.2) is 9.97 Å². The number of hydrogen-bond donors (Lipinski definition) is 0. The van der Waals surface area contributed by atoms with E-state index >= 15 is 0 Å². The molecular weight excluding hydrogens is 424 g/mol. The van der Waals surface area contributed by atoms with Gasteiger partial charge in [0.15, 0.2) is 0 Å². The smallest absolute Gasteiger partial charge is 0.272 e. The number of carbonyl (C=O) groups excluding carboxylic acids is 1. The molecule has 2 aliphatic heterocycles. The number of aryl methyl sites for hydroxylation is 2. The summed E-state index contributed by atoms with van der Waals surface area (Å²) in [5, 5.41) is 0. The number of amides is 1. The second-order valence-electron chi connectivity index (χ2n) is 10.2. The van der Waals surface area contributed by atoms with Crippen LogP contribution >= 0.6 is 0 Å². The highest BCUT2D eigenvalue weighted by Gasteiger charge is 2.31. The van der Waals surface area contributed by atoms with Crippen molar-refractivity contribution in [1.82, 2.24) is 19.8 Å². The van der Waals surface area contributed by atoms with Crippen molar-refractivity contribution in [2.75, 3.05) is 33.3 Å². The Hall–Kier alpha value is -2.31. The van der Waals surface area contributed by atoms with Crippen LogP contribution < -0.4 is 0 Å². The summed E-state index contributed by atoms with van der Waals surface area (Å²) in [7, 11) is 1.81. The van der Waals surface area contributed by atoms with E-state index in [1.54, 1.807) is 6.33 Å². The van der Waals surface area contributed by atoms with Crippen molar-refractivity contribution in [3.05, 3.63) is 58.7 Å². The van der Waals surface area contributed by atoms with Crippen molar-refractivity contribution < 1.29 is 9.53 Å². The zero-order chi connectivity index (χ0) is 24.1. The quantitative estimate of drug-likeness (QED) is 0.608. The number of piperidine rings is 2. The monoisotopic (exact) mass is 464 g/mol. The summed E-state index contributed by atoms with van der Waals surface area (Å²) in [6.07, 6.45) is 7.99. The molecule has 0 atom stereocenters. The topological polar surface area (TPSA) is 58.6 Å². The van der Waals surface area contributed by atoms with E-state index in [0.717, 1.165) is 76.0 Å². The van der Waals surface area contributed by atoms with Crippen molar-refractivity contribution >= 4 is 5.91 Å². The summed E-state index contributed by atoms with van der Waals surface area (Å²) in [5.41, 5.74) is 5.13. The first-order valence-electron chi connectivity index (χ1n) is 12.9. The number of ether oxygens (including phenoxy) is 1. The molecule has 0 aliphatic carbocycles. The van der Waals surface area contributed by atoms with Gasteiger partial charge in [0, 0.05) is 50.6 Å². The molecule has 2 fully saturated rings. The molecule has 1 aromatic carbocycles. The first-order chi connectivity index (χ1) is 16.5. The fourth-order valence-corrected chi connectivity index (χ4v) is 5.35. The molecule has 34 heavy (non-hydrogen) atoms. The zero-order valence-corrected chi connectivity index (χ0v) is 21.3. The summed E-state index contributed by atoms with van der Waals surface area (Å²) >= 11 is 0. The Labute approximate surface area is 204 Å². The predicted molar refractivity (Wildman–Crippen MR) is 135 cm³/mol. The lowest BCUT2D eigenvalue weighted by molar-refractivity contribution is 0.0144. The first-order valence-corrected chi connectivity index (χ1v) is 12.9. The van der Waals surface area contributed by atoms with Gasteiger partial charge >= 0.3 is 0 Å². The lowest BCUT2D eigenvalue weighted by atomic mass is 9.98. The highest BCUT2D eigenvalue weighted by molar-refractivity contribution is 5.93. The van der Waals surface area contributed by atoms with E-state index in [1.165, 1.54) is 11.1 Å². The molecule has 6 nitrogen and oxygen atoms in total. The second-order valence-corrected chi connectivity index (χ2v) is 10.2. The van der Waals surface area contributed by atoms with E-state index in [0.29, 0.717) is 23.8 Å². The lowest BCUT2D eigenvalue weighted by Gasteiger charge is -2.41. The number of likely N-dealkylation sites (tertiary alicyclic amines) is 2. The number of benzene rings is 1. The van der Waals surface area contributed by atoms with Gasteiger partial charge in [-0.2, -0.15) is 0 Å². The van der Waals surface area contributed by atoms with Gasteiger partial charge in [-0.1, -0.05) is 38.1 Å². The molecule has 2 aliphatic rings. The van der Waals surface area contributed by atoms with Gasteiger partial charge in [-0.05, 0) is 62.5 Å². The van der Waals surface area contributed by atoms with Crippen LogP contribution in [-0.2, 0) is 17.6 Å².